The molecule has 0 saturated carbocycles. The van der Waals surface area contributed by atoms with Gasteiger partial charge in [-0.25, -0.2) is 4.39 Å². The maximum Gasteiger partial charge on any atom is 0.137 e. The Bertz CT molecular complexity index is 376. The molecule has 1 aromatic rings. The second-order valence-corrected chi connectivity index (χ2v) is 5.19. The van der Waals surface area contributed by atoms with Crippen molar-refractivity contribution in [3.05, 3.63) is 34.1 Å². The zero-order chi connectivity index (χ0) is 11.5. The van der Waals surface area contributed by atoms with E-state index < -0.39 is 0 Å². The van der Waals surface area contributed by atoms with E-state index in [1.165, 1.54) is 0 Å². The summed E-state index contributed by atoms with van der Waals surface area (Å²) in [6, 6.07) is 5.88. The van der Waals surface area contributed by atoms with E-state index in [2.05, 4.69) is 33.1 Å². The fourth-order valence-electron chi connectivity index (χ4n) is 2.05. The summed E-state index contributed by atoms with van der Waals surface area (Å²) in [6.07, 6.45) is 0. The Kier molecular flexibility index (Phi) is 5.86. The van der Waals surface area contributed by atoms with E-state index in [-0.39, 0.29) is 18.2 Å². The van der Waals surface area contributed by atoms with Crippen molar-refractivity contribution in [2.45, 2.75) is 19.5 Å². The third kappa shape index (κ3) is 4.21. The summed E-state index contributed by atoms with van der Waals surface area (Å²) in [7, 11) is 0. The average Bonchev–Trinajstić information content (AvgIpc) is 2.24. The zero-order valence-electron chi connectivity index (χ0n) is 9.75. The minimum atomic E-state index is -0.180. The Hall–Kier alpha value is -0.160. The lowest BCUT2D eigenvalue weighted by Gasteiger charge is -2.31. The van der Waals surface area contributed by atoms with Crippen molar-refractivity contribution < 1.29 is 4.39 Å². The molecule has 0 aromatic heterocycles. The molecule has 5 heteroatoms. The smallest absolute Gasteiger partial charge is 0.137 e. The molecule has 17 heavy (non-hydrogen) atoms. The predicted molar refractivity (Wildman–Crippen MR) is 74.1 cm³/mol. The molecule has 96 valence electrons. The quantitative estimate of drug-likeness (QED) is 0.900. The van der Waals surface area contributed by atoms with Gasteiger partial charge < -0.3 is 5.32 Å². The highest BCUT2D eigenvalue weighted by Crippen LogP contribution is 2.17. The average molecular weight is 324 g/mol. The molecule has 2 rings (SSSR count). The predicted octanol–water partition coefficient (Wildman–Crippen LogP) is 2.80. The van der Waals surface area contributed by atoms with Crippen molar-refractivity contribution >= 4 is 28.3 Å². The molecule has 0 radical (unpaired) electrons. The number of hydrogen-bond donors (Lipinski definition) is 1. The molecule has 1 aliphatic heterocycles. The van der Waals surface area contributed by atoms with Gasteiger partial charge in [-0.15, -0.1) is 12.4 Å². The molecule has 1 aliphatic rings. The first-order chi connectivity index (χ1) is 7.65. The van der Waals surface area contributed by atoms with Crippen LogP contribution in [0, 0.1) is 5.82 Å². The highest BCUT2D eigenvalue weighted by atomic mass is 79.9. The summed E-state index contributed by atoms with van der Waals surface area (Å²) in [4.78, 5) is 2.35. The molecule has 0 amide bonds. The summed E-state index contributed by atoms with van der Waals surface area (Å²) >= 11 is 3.17. The van der Waals surface area contributed by atoms with Crippen LogP contribution >= 0.6 is 28.3 Å². The van der Waals surface area contributed by atoms with E-state index >= 15 is 0 Å². The van der Waals surface area contributed by atoms with Gasteiger partial charge in [0.25, 0.3) is 0 Å². The number of benzene rings is 1. The van der Waals surface area contributed by atoms with E-state index in [0.717, 1.165) is 31.7 Å². The molecule has 1 N–H and O–H groups in total. The number of halogens is 3. The second-order valence-electron chi connectivity index (χ2n) is 4.34. The van der Waals surface area contributed by atoms with Crippen LogP contribution in [0.25, 0.3) is 0 Å². The fourth-order valence-corrected chi connectivity index (χ4v) is 2.30. The summed E-state index contributed by atoms with van der Waals surface area (Å²) in [5.41, 5.74) is 1.04. The van der Waals surface area contributed by atoms with E-state index in [1.54, 1.807) is 12.1 Å². The minimum absolute atomic E-state index is 0. The van der Waals surface area contributed by atoms with Gasteiger partial charge >= 0.3 is 0 Å². The first-order valence-corrected chi connectivity index (χ1v) is 6.34. The Morgan fingerprint density at radius 3 is 2.94 bits per heavy atom. The van der Waals surface area contributed by atoms with Gasteiger partial charge in [-0.2, -0.15) is 0 Å². The van der Waals surface area contributed by atoms with Crippen molar-refractivity contribution in [2.24, 2.45) is 0 Å². The Morgan fingerprint density at radius 2 is 2.29 bits per heavy atom. The normalized spacial score (nSPS) is 21.0. The van der Waals surface area contributed by atoms with Crippen LogP contribution in [-0.2, 0) is 6.54 Å². The first kappa shape index (κ1) is 14.9. The highest BCUT2D eigenvalue weighted by molar-refractivity contribution is 9.10. The molecule has 1 fully saturated rings. The fraction of sp³-hybridized carbons (Fsp3) is 0.500. The van der Waals surface area contributed by atoms with E-state index in [1.807, 2.05) is 6.07 Å². The van der Waals surface area contributed by atoms with Crippen molar-refractivity contribution in [1.82, 2.24) is 10.2 Å². The number of nitrogens with one attached hydrogen (secondary N) is 1. The lowest BCUT2D eigenvalue weighted by molar-refractivity contribution is 0.199. The van der Waals surface area contributed by atoms with Gasteiger partial charge in [-0.05, 0) is 40.5 Å². The van der Waals surface area contributed by atoms with Crippen LogP contribution in [-0.4, -0.2) is 30.6 Å². The third-order valence-corrected chi connectivity index (χ3v) is 3.49. The molecule has 0 aliphatic carbocycles. The number of piperazine rings is 1. The molecule has 0 spiro atoms. The lowest BCUT2D eigenvalue weighted by Crippen LogP contribution is -2.48. The summed E-state index contributed by atoms with van der Waals surface area (Å²) in [5.74, 6) is -0.180. The number of rotatable bonds is 2. The Balaban J connectivity index is 0.00000144. The van der Waals surface area contributed by atoms with Crippen LogP contribution in [0.3, 0.4) is 0 Å². The van der Waals surface area contributed by atoms with Gasteiger partial charge in [0.15, 0.2) is 0 Å². The van der Waals surface area contributed by atoms with Crippen molar-refractivity contribution in [1.29, 1.82) is 0 Å². The zero-order valence-corrected chi connectivity index (χ0v) is 12.2. The first-order valence-electron chi connectivity index (χ1n) is 5.55. The van der Waals surface area contributed by atoms with Crippen LogP contribution in [0.4, 0.5) is 4.39 Å². The topological polar surface area (TPSA) is 15.3 Å². The molecular formula is C12H17BrClFN2. The highest BCUT2D eigenvalue weighted by Gasteiger charge is 2.15. The van der Waals surface area contributed by atoms with Gasteiger partial charge in [0, 0.05) is 32.2 Å². The maximum absolute atomic E-state index is 13.3. The number of hydrogen-bond acceptors (Lipinski definition) is 2. The largest absolute Gasteiger partial charge is 0.312 e. The molecule has 1 heterocycles. The second kappa shape index (κ2) is 6.69. The van der Waals surface area contributed by atoms with Crippen LogP contribution < -0.4 is 5.32 Å². The van der Waals surface area contributed by atoms with Crippen molar-refractivity contribution in [3.63, 3.8) is 0 Å². The van der Waals surface area contributed by atoms with Gasteiger partial charge in [-0.3, -0.25) is 4.90 Å². The lowest BCUT2D eigenvalue weighted by atomic mass is 10.1. The summed E-state index contributed by atoms with van der Waals surface area (Å²) < 4.78 is 13.9. The molecule has 1 saturated heterocycles. The van der Waals surface area contributed by atoms with Gasteiger partial charge in [0.1, 0.15) is 5.82 Å². The SMILES string of the molecule is CC1CN(Cc2ccc(Br)c(F)c2)CCN1.Cl. The van der Waals surface area contributed by atoms with E-state index in [4.69, 9.17) is 0 Å². The summed E-state index contributed by atoms with van der Waals surface area (Å²) in [5, 5.41) is 3.39. The van der Waals surface area contributed by atoms with Gasteiger partial charge in [-0.1, -0.05) is 6.07 Å². The van der Waals surface area contributed by atoms with Crippen LogP contribution in [0.5, 0.6) is 0 Å². The van der Waals surface area contributed by atoms with Crippen LogP contribution in [0.2, 0.25) is 0 Å². The van der Waals surface area contributed by atoms with Gasteiger partial charge in [0.05, 0.1) is 4.47 Å². The van der Waals surface area contributed by atoms with E-state index in [9.17, 15) is 4.39 Å². The Labute approximate surface area is 116 Å². The molecule has 1 aromatic carbocycles. The molecule has 1 unspecified atom stereocenters. The van der Waals surface area contributed by atoms with Gasteiger partial charge in [0.2, 0.25) is 0 Å². The van der Waals surface area contributed by atoms with Crippen molar-refractivity contribution in [2.75, 3.05) is 19.6 Å². The summed E-state index contributed by atoms with van der Waals surface area (Å²) in [6.45, 7) is 6.07. The third-order valence-electron chi connectivity index (χ3n) is 2.84. The van der Waals surface area contributed by atoms with Crippen molar-refractivity contribution in [3.8, 4) is 0 Å². The van der Waals surface area contributed by atoms with E-state index in [0.29, 0.717) is 10.5 Å². The molecule has 2 nitrogen and oxygen atoms in total. The number of nitrogens with zero attached hydrogens (tertiary/aromatic N) is 1. The standard InChI is InChI=1S/C12H16BrFN2.ClH/c1-9-7-16(5-4-15-9)8-10-2-3-11(13)12(14)6-10;/h2-3,6,9,15H,4-5,7-8H2,1H3;1H. The maximum atomic E-state index is 13.3. The molecular weight excluding hydrogens is 307 g/mol. The Morgan fingerprint density at radius 1 is 1.53 bits per heavy atom. The van der Waals surface area contributed by atoms with Crippen LogP contribution in [0.15, 0.2) is 22.7 Å². The molecule has 1 atom stereocenters. The minimum Gasteiger partial charge on any atom is -0.312 e. The molecule has 0 bridgehead atoms. The monoisotopic (exact) mass is 322 g/mol. The van der Waals surface area contributed by atoms with Crippen LogP contribution in [0.1, 0.15) is 12.5 Å².